The van der Waals surface area contributed by atoms with Gasteiger partial charge in [-0.05, 0) is 19.8 Å². The molecule has 2 N–H and O–H groups in total. The quantitative estimate of drug-likeness (QED) is 0.758. The summed E-state index contributed by atoms with van der Waals surface area (Å²) in [6, 6.07) is 1.20. The van der Waals surface area contributed by atoms with Crippen LogP contribution in [0.2, 0.25) is 0 Å². The Bertz CT molecular complexity index is 170. The molecule has 0 bridgehead atoms. The number of hydrogen-bond acceptors (Lipinski definition) is 2. The summed E-state index contributed by atoms with van der Waals surface area (Å²) in [5.41, 5.74) is 7.32. The number of piperidine rings is 1. The topological polar surface area (TPSA) is 29.3 Å². The molecule has 1 saturated heterocycles. The van der Waals surface area contributed by atoms with Gasteiger partial charge in [0.15, 0.2) is 0 Å². The molecular formula is C10H19ClN2. The lowest BCUT2D eigenvalue weighted by atomic mass is 9.96. The predicted octanol–water partition coefficient (Wildman–Crippen LogP) is 1.94. The van der Waals surface area contributed by atoms with Crippen LogP contribution in [0.4, 0.5) is 0 Å². The Hall–Kier alpha value is -0.0500. The van der Waals surface area contributed by atoms with E-state index in [4.69, 9.17) is 17.3 Å². The van der Waals surface area contributed by atoms with Gasteiger partial charge in [0.25, 0.3) is 0 Å². The van der Waals surface area contributed by atoms with Gasteiger partial charge in [0.05, 0.1) is 0 Å². The van der Waals surface area contributed by atoms with Crippen molar-refractivity contribution in [2.45, 2.75) is 38.3 Å². The molecule has 0 radical (unpaired) electrons. The lowest BCUT2D eigenvalue weighted by Crippen LogP contribution is -2.48. The minimum absolute atomic E-state index is 0.552. The zero-order chi connectivity index (χ0) is 9.68. The molecule has 1 aliphatic rings. The van der Waals surface area contributed by atoms with Gasteiger partial charge in [0.1, 0.15) is 0 Å². The molecule has 1 rings (SSSR count). The van der Waals surface area contributed by atoms with Gasteiger partial charge in [0.2, 0.25) is 0 Å². The van der Waals surface area contributed by atoms with Gasteiger partial charge in [-0.2, -0.15) is 0 Å². The summed E-state index contributed by atoms with van der Waals surface area (Å²) >= 11 is 5.52. The van der Waals surface area contributed by atoms with Gasteiger partial charge in [-0.25, -0.2) is 0 Å². The molecule has 2 atom stereocenters. The number of nitrogens with zero attached hydrogens (tertiary/aromatic N) is 1. The molecule has 2 nitrogen and oxygen atoms in total. The summed E-state index contributed by atoms with van der Waals surface area (Å²) in [6.45, 7) is 3.97. The largest absolute Gasteiger partial charge is 0.329 e. The van der Waals surface area contributed by atoms with E-state index in [1.165, 1.54) is 19.3 Å². The van der Waals surface area contributed by atoms with Crippen LogP contribution in [0.5, 0.6) is 0 Å². The van der Waals surface area contributed by atoms with Crippen LogP contribution in [0, 0.1) is 0 Å². The average Bonchev–Trinajstić information content (AvgIpc) is 2.15. The van der Waals surface area contributed by atoms with Crippen molar-refractivity contribution in [3.8, 4) is 0 Å². The third-order valence-electron chi connectivity index (χ3n) is 2.87. The molecule has 0 spiro atoms. The van der Waals surface area contributed by atoms with Crippen molar-refractivity contribution in [1.82, 2.24) is 4.90 Å². The zero-order valence-corrected chi connectivity index (χ0v) is 9.00. The second kappa shape index (κ2) is 5.63. The fraction of sp³-hybridized carbons (Fsp3) is 0.800. The number of halogens is 1. The first-order valence-electron chi connectivity index (χ1n) is 5.00. The van der Waals surface area contributed by atoms with Crippen LogP contribution in [-0.2, 0) is 0 Å². The van der Waals surface area contributed by atoms with Crippen LogP contribution >= 0.6 is 11.6 Å². The van der Waals surface area contributed by atoms with E-state index in [0.29, 0.717) is 12.1 Å². The smallest absolute Gasteiger partial charge is 0.0224 e. The van der Waals surface area contributed by atoms with Crippen molar-refractivity contribution in [1.29, 1.82) is 0 Å². The molecule has 0 aromatic rings. The van der Waals surface area contributed by atoms with Crippen LogP contribution in [0.15, 0.2) is 11.6 Å². The molecule has 1 aliphatic heterocycles. The molecule has 0 amide bonds. The molecule has 13 heavy (non-hydrogen) atoms. The SMILES string of the molecule is CC1CCCC(CN)N1CC=CCl. The zero-order valence-electron chi connectivity index (χ0n) is 8.25. The van der Waals surface area contributed by atoms with Gasteiger partial charge in [-0.15, -0.1) is 0 Å². The first-order valence-corrected chi connectivity index (χ1v) is 5.44. The third kappa shape index (κ3) is 2.97. The minimum Gasteiger partial charge on any atom is -0.329 e. The highest BCUT2D eigenvalue weighted by atomic mass is 35.5. The Morgan fingerprint density at radius 2 is 2.31 bits per heavy atom. The normalized spacial score (nSPS) is 31.3. The van der Waals surface area contributed by atoms with E-state index in [0.717, 1.165) is 13.1 Å². The lowest BCUT2D eigenvalue weighted by Gasteiger charge is -2.39. The van der Waals surface area contributed by atoms with Crippen LogP contribution in [0.3, 0.4) is 0 Å². The second-order valence-corrected chi connectivity index (χ2v) is 3.98. The monoisotopic (exact) mass is 202 g/mol. The van der Waals surface area contributed by atoms with Crippen molar-refractivity contribution >= 4 is 11.6 Å². The Balaban J connectivity index is 2.51. The fourth-order valence-corrected chi connectivity index (χ4v) is 2.16. The molecule has 1 heterocycles. The van der Waals surface area contributed by atoms with Gasteiger partial charge >= 0.3 is 0 Å². The Morgan fingerprint density at radius 3 is 2.92 bits per heavy atom. The van der Waals surface area contributed by atoms with E-state index in [2.05, 4.69) is 11.8 Å². The van der Waals surface area contributed by atoms with Gasteiger partial charge in [-0.1, -0.05) is 24.1 Å². The minimum atomic E-state index is 0.552. The molecule has 0 aliphatic carbocycles. The molecule has 2 unspecified atom stereocenters. The lowest BCUT2D eigenvalue weighted by molar-refractivity contribution is 0.112. The summed E-state index contributed by atoms with van der Waals surface area (Å²) < 4.78 is 0. The highest BCUT2D eigenvalue weighted by Crippen LogP contribution is 2.21. The van der Waals surface area contributed by atoms with E-state index in [-0.39, 0.29) is 0 Å². The Morgan fingerprint density at radius 1 is 1.54 bits per heavy atom. The summed E-state index contributed by atoms with van der Waals surface area (Å²) in [7, 11) is 0. The Labute approximate surface area is 85.7 Å². The maximum Gasteiger partial charge on any atom is 0.0224 e. The van der Waals surface area contributed by atoms with E-state index in [1.807, 2.05) is 6.08 Å². The molecule has 0 saturated carbocycles. The van der Waals surface area contributed by atoms with Crippen molar-refractivity contribution < 1.29 is 0 Å². The molecule has 0 aromatic carbocycles. The molecule has 1 fully saturated rings. The maximum absolute atomic E-state index is 5.73. The second-order valence-electron chi connectivity index (χ2n) is 3.73. The van der Waals surface area contributed by atoms with Gasteiger partial charge in [0, 0.05) is 30.7 Å². The number of hydrogen-bond donors (Lipinski definition) is 1. The fourth-order valence-electron chi connectivity index (χ4n) is 2.08. The summed E-state index contributed by atoms with van der Waals surface area (Å²) in [6.07, 6.45) is 5.82. The van der Waals surface area contributed by atoms with Crippen LogP contribution in [0.1, 0.15) is 26.2 Å². The molecule has 0 aromatic heterocycles. The molecular weight excluding hydrogens is 184 g/mol. The highest BCUT2D eigenvalue weighted by molar-refractivity contribution is 6.25. The van der Waals surface area contributed by atoms with Crippen molar-refractivity contribution in [3.05, 3.63) is 11.6 Å². The first kappa shape index (κ1) is 11.0. The maximum atomic E-state index is 5.73. The summed E-state index contributed by atoms with van der Waals surface area (Å²) in [5.74, 6) is 0. The summed E-state index contributed by atoms with van der Waals surface area (Å²) in [5, 5.41) is 0. The van der Waals surface area contributed by atoms with E-state index < -0.39 is 0 Å². The highest BCUT2D eigenvalue weighted by Gasteiger charge is 2.25. The van der Waals surface area contributed by atoms with E-state index in [1.54, 1.807) is 5.54 Å². The van der Waals surface area contributed by atoms with Crippen molar-refractivity contribution in [2.75, 3.05) is 13.1 Å². The standard InChI is InChI=1S/C10H19ClN2/c1-9-4-2-5-10(8-12)13(9)7-3-6-11/h3,6,9-10H,2,4-5,7-8,12H2,1H3. The third-order valence-corrected chi connectivity index (χ3v) is 3.05. The average molecular weight is 203 g/mol. The van der Waals surface area contributed by atoms with Crippen LogP contribution in [-0.4, -0.2) is 30.1 Å². The van der Waals surface area contributed by atoms with Crippen molar-refractivity contribution in [2.24, 2.45) is 5.73 Å². The molecule has 3 heteroatoms. The van der Waals surface area contributed by atoms with E-state index in [9.17, 15) is 0 Å². The van der Waals surface area contributed by atoms with Gasteiger partial charge in [-0.3, -0.25) is 4.90 Å². The summed E-state index contributed by atoms with van der Waals surface area (Å²) in [4.78, 5) is 2.45. The van der Waals surface area contributed by atoms with Crippen LogP contribution < -0.4 is 5.73 Å². The number of likely N-dealkylation sites (tertiary alicyclic amines) is 1. The predicted molar refractivity (Wildman–Crippen MR) is 57.9 cm³/mol. The number of rotatable bonds is 3. The first-order chi connectivity index (χ1) is 6.29. The van der Waals surface area contributed by atoms with E-state index >= 15 is 0 Å². The van der Waals surface area contributed by atoms with Crippen molar-refractivity contribution in [3.63, 3.8) is 0 Å². The van der Waals surface area contributed by atoms with Crippen LogP contribution in [0.25, 0.3) is 0 Å². The molecule has 76 valence electrons. The Kier molecular flexibility index (Phi) is 4.78. The number of nitrogens with two attached hydrogens (primary N) is 1. The van der Waals surface area contributed by atoms with Gasteiger partial charge < -0.3 is 5.73 Å².